The molecular formula is C16H21N5O3. The average molecular weight is 331 g/mol. The summed E-state index contributed by atoms with van der Waals surface area (Å²) in [4.78, 5) is 37.5. The maximum Gasteiger partial charge on any atom is 0.240 e. The lowest BCUT2D eigenvalue weighted by Gasteiger charge is -2.18. The molecule has 3 amide bonds. The van der Waals surface area contributed by atoms with Crippen LogP contribution >= 0.6 is 0 Å². The van der Waals surface area contributed by atoms with Crippen LogP contribution in [0.3, 0.4) is 0 Å². The molecule has 1 heterocycles. The summed E-state index contributed by atoms with van der Waals surface area (Å²) in [5.41, 5.74) is 18.1. The van der Waals surface area contributed by atoms with Crippen molar-refractivity contribution in [1.82, 2.24) is 10.3 Å². The highest BCUT2D eigenvalue weighted by molar-refractivity contribution is 5.90. The zero-order valence-electron chi connectivity index (χ0n) is 13.1. The first-order valence-corrected chi connectivity index (χ1v) is 7.57. The predicted molar refractivity (Wildman–Crippen MR) is 89.5 cm³/mol. The molecule has 8 heteroatoms. The van der Waals surface area contributed by atoms with Crippen LogP contribution in [0.2, 0.25) is 0 Å². The van der Waals surface area contributed by atoms with Gasteiger partial charge in [-0.2, -0.15) is 0 Å². The third kappa shape index (κ3) is 4.32. The Kier molecular flexibility index (Phi) is 5.54. The molecule has 0 aliphatic heterocycles. The van der Waals surface area contributed by atoms with Crippen molar-refractivity contribution >= 4 is 28.6 Å². The second-order valence-electron chi connectivity index (χ2n) is 5.64. The lowest BCUT2D eigenvalue weighted by atomic mass is 10.0. The average Bonchev–Trinajstić information content (AvgIpc) is 2.94. The number of carbonyl (C=O) groups excluding carboxylic acids is 3. The molecule has 0 unspecified atom stereocenters. The highest BCUT2D eigenvalue weighted by Crippen LogP contribution is 2.18. The van der Waals surface area contributed by atoms with Crippen LogP contribution in [0.4, 0.5) is 0 Å². The summed E-state index contributed by atoms with van der Waals surface area (Å²) in [6, 6.07) is 5.85. The SMILES string of the molecule is NC(=O)CC[C@H](NC(=O)[C@@H](N)Cc1c[nH]c2ccccc12)C(N)=O. The largest absolute Gasteiger partial charge is 0.370 e. The van der Waals surface area contributed by atoms with Crippen molar-refractivity contribution in [1.29, 1.82) is 0 Å². The van der Waals surface area contributed by atoms with Crippen molar-refractivity contribution in [3.63, 3.8) is 0 Å². The Labute approximate surface area is 138 Å². The van der Waals surface area contributed by atoms with E-state index in [2.05, 4.69) is 10.3 Å². The number of H-pyrrole nitrogens is 1. The summed E-state index contributed by atoms with van der Waals surface area (Å²) in [5, 5.41) is 3.46. The number of amides is 3. The van der Waals surface area contributed by atoms with Crippen molar-refractivity contribution in [3.05, 3.63) is 36.0 Å². The van der Waals surface area contributed by atoms with E-state index in [9.17, 15) is 14.4 Å². The molecule has 8 nitrogen and oxygen atoms in total. The highest BCUT2D eigenvalue weighted by atomic mass is 16.2. The van der Waals surface area contributed by atoms with E-state index in [0.717, 1.165) is 16.5 Å². The van der Waals surface area contributed by atoms with E-state index >= 15 is 0 Å². The van der Waals surface area contributed by atoms with Crippen molar-refractivity contribution in [2.24, 2.45) is 17.2 Å². The van der Waals surface area contributed by atoms with E-state index in [1.54, 1.807) is 6.20 Å². The van der Waals surface area contributed by atoms with Crippen LogP contribution in [0.1, 0.15) is 18.4 Å². The third-order valence-electron chi connectivity index (χ3n) is 3.79. The fourth-order valence-corrected chi connectivity index (χ4v) is 2.48. The first-order chi connectivity index (χ1) is 11.4. The number of rotatable bonds is 8. The summed E-state index contributed by atoms with van der Waals surface area (Å²) in [6.07, 6.45) is 2.11. The van der Waals surface area contributed by atoms with Crippen molar-refractivity contribution in [2.75, 3.05) is 0 Å². The smallest absolute Gasteiger partial charge is 0.240 e. The molecule has 0 spiro atoms. The Morgan fingerprint density at radius 3 is 2.54 bits per heavy atom. The molecule has 0 bridgehead atoms. The minimum absolute atomic E-state index is 0.0500. The van der Waals surface area contributed by atoms with Gasteiger partial charge in [0.1, 0.15) is 6.04 Å². The van der Waals surface area contributed by atoms with Crippen molar-refractivity contribution in [3.8, 4) is 0 Å². The molecule has 0 radical (unpaired) electrons. The number of para-hydroxylation sites is 1. The molecule has 8 N–H and O–H groups in total. The van der Waals surface area contributed by atoms with Gasteiger partial charge in [-0.05, 0) is 24.5 Å². The van der Waals surface area contributed by atoms with Gasteiger partial charge in [0.05, 0.1) is 6.04 Å². The van der Waals surface area contributed by atoms with E-state index in [0.29, 0.717) is 6.42 Å². The minimum Gasteiger partial charge on any atom is -0.370 e. The predicted octanol–water partition coefficient (Wildman–Crippen LogP) is -0.727. The number of carbonyl (C=O) groups is 3. The first-order valence-electron chi connectivity index (χ1n) is 7.57. The summed E-state index contributed by atoms with van der Waals surface area (Å²) in [5.74, 6) is -1.81. The molecule has 0 saturated carbocycles. The molecule has 0 aliphatic rings. The number of nitrogens with two attached hydrogens (primary N) is 3. The summed E-state index contributed by atoms with van der Waals surface area (Å²) < 4.78 is 0. The molecule has 1 aromatic carbocycles. The fourth-order valence-electron chi connectivity index (χ4n) is 2.48. The van der Waals surface area contributed by atoms with Crippen LogP contribution in [0.5, 0.6) is 0 Å². The summed E-state index contributed by atoms with van der Waals surface area (Å²) in [6.45, 7) is 0. The number of hydrogen-bond donors (Lipinski definition) is 5. The molecule has 2 aromatic rings. The normalized spacial score (nSPS) is 13.4. The van der Waals surface area contributed by atoms with Gasteiger partial charge in [-0.1, -0.05) is 18.2 Å². The minimum atomic E-state index is -0.973. The molecule has 2 rings (SSSR count). The van der Waals surface area contributed by atoms with Gasteiger partial charge in [0.2, 0.25) is 17.7 Å². The Bertz CT molecular complexity index is 755. The van der Waals surface area contributed by atoms with Gasteiger partial charge in [0.25, 0.3) is 0 Å². The number of aromatic nitrogens is 1. The van der Waals surface area contributed by atoms with Crippen LogP contribution < -0.4 is 22.5 Å². The maximum atomic E-state index is 12.2. The number of hydrogen-bond acceptors (Lipinski definition) is 4. The van der Waals surface area contributed by atoms with Gasteiger partial charge in [-0.15, -0.1) is 0 Å². The number of primary amides is 2. The van der Waals surface area contributed by atoms with E-state index in [1.165, 1.54) is 0 Å². The zero-order chi connectivity index (χ0) is 17.7. The molecule has 0 fully saturated rings. The highest BCUT2D eigenvalue weighted by Gasteiger charge is 2.23. The van der Waals surface area contributed by atoms with Crippen LogP contribution in [-0.4, -0.2) is 34.8 Å². The monoisotopic (exact) mass is 331 g/mol. The topological polar surface area (TPSA) is 157 Å². The van der Waals surface area contributed by atoms with Crippen LogP contribution in [0.25, 0.3) is 10.9 Å². The van der Waals surface area contributed by atoms with Crippen molar-refractivity contribution in [2.45, 2.75) is 31.3 Å². The van der Waals surface area contributed by atoms with Gasteiger partial charge >= 0.3 is 0 Å². The standard InChI is InChI=1S/C16H21N5O3/c17-11(7-9-8-20-12-4-2-1-3-10(9)12)16(24)21-13(15(19)23)5-6-14(18)22/h1-4,8,11,13,20H,5-7,17H2,(H2,18,22)(H2,19,23)(H,21,24)/t11-,13-/m0/s1. The van der Waals surface area contributed by atoms with Crippen LogP contribution in [-0.2, 0) is 20.8 Å². The molecule has 128 valence electrons. The number of benzene rings is 1. The van der Waals surface area contributed by atoms with E-state index in [4.69, 9.17) is 17.2 Å². The summed E-state index contributed by atoms with van der Waals surface area (Å²) in [7, 11) is 0. The maximum absolute atomic E-state index is 12.2. The van der Waals surface area contributed by atoms with E-state index < -0.39 is 29.8 Å². The number of nitrogens with one attached hydrogen (secondary N) is 2. The quantitative estimate of drug-likeness (QED) is 0.432. The molecule has 24 heavy (non-hydrogen) atoms. The molecule has 1 aromatic heterocycles. The Morgan fingerprint density at radius 1 is 1.17 bits per heavy atom. The Hall–Kier alpha value is -2.87. The summed E-state index contributed by atoms with van der Waals surface area (Å²) >= 11 is 0. The second-order valence-corrected chi connectivity index (χ2v) is 5.64. The fraction of sp³-hybridized carbons (Fsp3) is 0.312. The second kappa shape index (κ2) is 7.60. The number of fused-ring (bicyclic) bond motifs is 1. The lowest BCUT2D eigenvalue weighted by Crippen LogP contribution is -2.51. The number of aromatic amines is 1. The molecule has 2 atom stereocenters. The first kappa shape index (κ1) is 17.5. The molecular weight excluding hydrogens is 310 g/mol. The Morgan fingerprint density at radius 2 is 1.88 bits per heavy atom. The van der Waals surface area contributed by atoms with Crippen molar-refractivity contribution < 1.29 is 14.4 Å². The van der Waals surface area contributed by atoms with Crippen LogP contribution in [0.15, 0.2) is 30.5 Å². The van der Waals surface area contributed by atoms with Gasteiger partial charge < -0.3 is 27.5 Å². The van der Waals surface area contributed by atoms with E-state index in [1.807, 2.05) is 24.3 Å². The van der Waals surface area contributed by atoms with Gasteiger partial charge in [-0.25, -0.2) is 0 Å². The molecule has 0 aliphatic carbocycles. The Balaban J connectivity index is 2.00. The van der Waals surface area contributed by atoms with E-state index in [-0.39, 0.29) is 12.8 Å². The van der Waals surface area contributed by atoms with Gasteiger partial charge in [0, 0.05) is 23.5 Å². The lowest BCUT2D eigenvalue weighted by molar-refractivity contribution is -0.128. The molecule has 0 saturated heterocycles. The van der Waals surface area contributed by atoms with Crippen LogP contribution in [0, 0.1) is 0 Å². The zero-order valence-corrected chi connectivity index (χ0v) is 13.1. The van der Waals surface area contributed by atoms with Gasteiger partial charge in [-0.3, -0.25) is 14.4 Å². The van der Waals surface area contributed by atoms with Gasteiger partial charge in [0.15, 0.2) is 0 Å². The third-order valence-corrected chi connectivity index (χ3v) is 3.79.